The summed E-state index contributed by atoms with van der Waals surface area (Å²) >= 11 is 0. The van der Waals surface area contributed by atoms with E-state index in [9.17, 15) is 0 Å². The molecule has 0 fully saturated rings. The van der Waals surface area contributed by atoms with Crippen molar-refractivity contribution < 1.29 is 0 Å². The zero-order chi connectivity index (χ0) is 13.7. The molecule has 0 unspecified atom stereocenters. The SMILES string of the molecule is Cc1ccc(-c2cccc3c2C2=C(CCC2)[N]3)c(C)c1. The van der Waals surface area contributed by atoms with Crippen molar-refractivity contribution in [2.24, 2.45) is 0 Å². The molecule has 1 heteroatoms. The average Bonchev–Trinajstić information content (AvgIpc) is 2.98. The number of allylic oxidation sites excluding steroid dienone is 2. The van der Waals surface area contributed by atoms with Gasteiger partial charge in [-0.1, -0.05) is 35.9 Å². The van der Waals surface area contributed by atoms with Crippen molar-refractivity contribution in [3.8, 4) is 11.1 Å². The molecular formula is C19H18N. The Labute approximate surface area is 120 Å². The standard InChI is InChI=1S/C19H18N/c1-12-9-10-14(13(2)11-12)15-5-3-8-18-19(15)16-6-4-7-17(16)20-18/h3,5,8-11H,4,6-7H2,1-2H3. The van der Waals surface area contributed by atoms with Gasteiger partial charge >= 0.3 is 0 Å². The van der Waals surface area contributed by atoms with Crippen LogP contribution in [-0.2, 0) is 0 Å². The first-order valence-corrected chi connectivity index (χ1v) is 7.39. The second kappa shape index (κ2) is 4.24. The third-order valence-corrected chi connectivity index (χ3v) is 4.46. The Morgan fingerprint density at radius 1 is 0.950 bits per heavy atom. The molecule has 0 spiro atoms. The van der Waals surface area contributed by atoms with Crippen LogP contribution < -0.4 is 5.32 Å². The Bertz CT molecular complexity index is 737. The quantitative estimate of drug-likeness (QED) is 0.676. The van der Waals surface area contributed by atoms with Crippen LogP contribution in [0.15, 0.2) is 42.1 Å². The normalized spacial score (nSPS) is 16.1. The van der Waals surface area contributed by atoms with Gasteiger partial charge in [0.15, 0.2) is 0 Å². The minimum Gasteiger partial charge on any atom is -0.252 e. The van der Waals surface area contributed by atoms with Gasteiger partial charge in [-0.3, -0.25) is 5.32 Å². The van der Waals surface area contributed by atoms with Crippen molar-refractivity contribution in [3.05, 3.63) is 58.8 Å². The van der Waals surface area contributed by atoms with Crippen LogP contribution in [0.3, 0.4) is 0 Å². The van der Waals surface area contributed by atoms with Gasteiger partial charge in [0, 0.05) is 11.3 Å². The Hall–Kier alpha value is -2.02. The van der Waals surface area contributed by atoms with E-state index in [1.807, 2.05) is 0 Å². The molecule has 4 rings (SSSR count). The second-order valence-corrected chi connectivity index (χ2v) is 5.91. The zero-order valence-corrected chi connectivity index (χ0v) is 12.0. The molecule has 0 atom stereocenters. The Morgan fingerprint density at radius 3 is 2.70 bits per heavy atom. The monoisotopic (exact) mass is 260 g/mol. The van der Waals surface area contributed by atoms with Crippen LogP contribution in [0.25, 0.3) is 16.7 Å². The molecular weight excluding hydrogens is 242 g/mol. The first-order valence-electron chi connectivity index (χ1n) is 7.39. The van der Waals surface area contributed by atoms with Crippen LogP contribution in [0, 0.1) is 13.8 Å². The van der Waals surface area contributed by atoms with E-state index in [0.717, 1.165) is 6.42 Å². The van der Waals surface area contributed by atoms with Crippen molar-refractivity contribution in [3.63, 3.8) is 0 Å². The van der Waals surface area contributed by atoms with E-state index in [2.05, 4.69) is 50.2 Å². The maximum Gasteiger partial charge on any atom is 0.0715 e. The number of hydrogen-bond donors (Lipinski definition) is 0. The molecule has 1 aliphatic heterocycles. The highest BCUT2D eigenvalue weighted by molar-refractivity contribution is 5.93. The minimum absolute atomic E-state index is 1.15. The van der Waals surface area contributed by atoms with E-state index in [1.165, 1.54) is 57.6 Å². The molecule has 1 heterocycles. The summed E-state index contributed by atoms with van der Waals surface area (Å²) < 4.78 is 0. The molecule has 0 saturated carbocycles. The molecule has 20 heavy (non-hydrogen) atoms. The molecule has 0 saturated heterocycles. The van der Waals surface area contributed by atoms with Gasteiger partial charge < -0.3 is 0 Å². The highest BCUT2D eigenvalue weighted by Crippen LogP contribution is 2.48. The second-order valence-electron chi connectivity index (χ2n) is 5.91. The number of nitrogens with zero attached hydrogens (tertiary/aromatic N) is 1. The van der Waals surface area contributed by atoms with Crippen molar-refractivity contribution in [1.29, 1.82) is 0 Å². The molecule has 0 amide bonds. The van der Waals surface area contributed by atoms with E-state index in [0.29, 0.717) is 0 Å². The topological polar surface area (TPSA) is 14.1 Å². The molecule has 1 nitrogen and oxygen atoms in total. The zero-order valence-electron chi connectivity index (χ0n) is 12.0. The van der Waals surface area contributed by atoms with E-state index in [1.54, 1.807) is 0 Å². The van der Waals surface area contributed by atoms with E-state index in [4.69, 9.17) is 5.32 Å². The Balaban J connectivity index is 1.94. The maximum atomic E-state index is 4.83. The average molecular weight is 260 g/mol. The van der Waals surface area contributed by atoms with Gasteiger partial charge in [0.1, 0.15) is 0 Å². The summed E-state index contributed by atoms with van der Waals surface area (Å²) in [5.41, 5.74) is 10.8. The molecule has 1 aliphatic carbocycles. The van der Waals surface area contributed by atoms with Crippen molar-refractivity contribution in [1.82, 2.24) is 5.32 Å². The molecule has 0 bridgehead atoms. The summed E-state index contributed by atoms with van der Waals surface area (Å²) in [6.07, 6.45) is 3.60. The van der Waals surface area contributed by atoms with Crippen LogP contribution >= 0.6 is 0 Å². The summed E-state index contributed by atoms with van der Waals surface area (Å²) in [7, 11) is 0. The van der Waals surface area contributed by atoms with Gasteiger partial charge in [0.05, 0.1) is 5.69 Å². The maximum absolute atomic E-state index is 4.83. The molecule has 99 valence electrons. The first kappa shape index (κ1) is 11.8. The van der Waals surface area contributed by atoms with Crippen molar-refractivity contribution in [2.75, 3.05) is 0 Å². The Kier molecular flexibility index (Phi) is 2.50. The van der Waals surface area contributed by atoms with E-state index in [-0.39, 0.29) is 0 Å². The van der Waals surface area contributed by atoms with Gasteiger partial charge in [0.25, 0.3) is 0 Å². The van der Waals surface area contributed by atoms with Crippen molar-refractivity contribution in [2.45, 2.75) is 33.1 Å². The lowest BCUT2D eigenvalue weighted by Gasteiger charge is -2.13. The van der Waals surface area contributed by atoms with Gasteiger partial charge in [-0.2, -0.15) is 0 Å². The van der Waals surface area contributed by atoms with Gasteiger partial charge in [-0.05, 0) is 61.4 Å². The lowest BCUT2D eigenvalue weighted by molar-refractivity contribution is 0.859. The fraction of sp³-hybridized carbons (Fsp3) is 0.263. The number of hydrogen-bond acceptors (Lipinski definition) is 0. The molecule has 2 aliphatic rings. The number of fused-ring (bicyclic) bond motifs is 2. The largest absolute Gasteiger partial charge is 0.252 e. The summed E-state index contributed by atoms with van der Waals surface area (Å²) in [6, 6.07) is 13.3. The molecule has 1 radical (unpaired) electrons. The minimum atomic E-state index is 1.15. The van der Waals surface area contributed by atoms with Crippen LogP contribution in [0.1, 0.15) is 36.0 Å². The predicted octanol–water partition coefficient (Wildman–Crippen LogP) is 5.11. The van der Waals surface area contributed by atoms with Crippen molar-refractivity contribution >= 4 is 11.3 Å². The highest BCUT2D eigenvalue weighted by atomic mass is 14.9. The smallest absolute Gasteiger partial charge is 0.0715 e. The summed E-state index contributed by atoms with van der Waals surface area (Å²) in [4.78, 5) is 0. The lowest BCUT2D eigenvalue weighted by Crippen LogP contribution is -1.93. The van der Waals surface area contributed by atoms with E-state index >= 15 is 0 Å². The summed E-state index contributed by atoms with van der Waals surface area (Å²) in [6.45, 7) is 4.36. The number of aryl methyl sites for hydroxylation is 2. The van der Waals surface area contributed by atoms with Gasteiger partial charge in [0.2, 0.25) is 0 Å². The highest BCUT2D eigenvalue weighted by Gasteiger charge is 2.29. The van der Waals surface area contributed by atoms with Gasteiger partial charge in [-0.15, -0.1) is 0 Å². The third-order valence-electron chi connectivity index (χ3n) is 4.46. The van der Waals surface area contributed by atoms with Crippen LogP contribution in [0.4, 0.5) is 5.69 Å². The first-order chi connectivity index (χ1) is 9.74. The van der Waals surface area contributed by atoms with Crippen LogP contribution in [-0.4, -0.2) is 0 Å². The predicted molar refractivity (Wildman–Crippen MR) is 83.9 cm³/mol. The lowest BCUT2D eigenvalue weighted by atomic mass is 9.91. The fourth-order valence-electron chi connectivity index (χ4n) is 3.56. The molecule has 2 aromatic carbocycles. The fourth-order valence-corrected chi connectivity index (χ4v) is 3.56. The van der Waals surface area contributed by atoms with Crippen LogP contribution in [0.2, 0.25) is 0 Å². The molecule has 0 N–H and O–H groups in total. The van der Waals surface area contributed by atoms with E-state index < -0.39 is 0 Å². The molecule has 2 aromatic rings. The van der Waals surface area contributed by atoms with Gasteiger partial charge in [-0.25, -0.2) is 0 Å². The summed E-state index contributed by atoms with van der Waals surface area (Å²) in [5.74, 6) is 0. The molecule has 0 aromatic heterocycles. The number of rotatable bonds is 1. The summed E-state index contributed by atoms with van der Waals surface area (Å²) in [5, 5.41) is 4.83. The van der Waals surface area contributed by atoms with Crippen LogP contribution in [0.5, 0.6) is 0 Å². The Morgan fingerprint density at radius 2 is 1.85 bits per heavy atom. The number of benzene rings is 2. The third kappa shape index (κ3) is 1.62.